The van der Waals surface area contributed by atoms with E-state index in [0.717, 1.165) is 45.5 Å². The van der Waals surface area contributed by atoms with Crippen molar-refractivity contribution in [1.82, 2.24) is 24.8 Å². The first-order chi connectivity index (χ1) is 21.7. The van der Waals surface area contributed by atoms with Crippen LogP contribution in [0.5, 0.6) is 11.6 Å². The largest absolute Gasteiger partial charge is 0.491 e. The number of aromatic nitrogens is 4. The molecule has 0 fully saturated rings. The van der Waals surface area contributed by atoms with Gasteiger partial charge in [-0.15, -0.1) is 11.3 Å². The first-order valence-electron chi connectivity index (χ1n) is 14.6. The number of fused-ring (bicyclic) bond motifs is 2. The molecule has 0 bridgehead atoms. The zero-order valence-corrected chi connectivity index (χ0v) is 26.7. The van der Waals surface area contributed by atoms with Crippen molar-refractivity contribution >= 4 is 39.1 Å². The van der Waals surface area contributed by atoms with E-state index in [9.17, 15) is 14.7 Å². The Kier molecular flexibility index (Phi) is 8.84. The molecule has 2 N–H and O–H groups in total. The van der Waals surface area contributed by atoms with Gasteiger partial charge in [-0.1, -0.05) is 11.6 Å². The number of methoxy groups -OCH3 is 1. The minimum Gasteiger partial charge on any atom is -0.491 e. The summed E-state index contributed by atoms with van der Waals surface area (Å²) < 4.78 is 13.9. The lowest BCUT2D eigenvalue weighted by molar-refractivity contribution is 0.0699. The Morgan fingerprint density at radius 2 is 2.02 bits per heavy atom. The van der Waals surface area contributed by atoms with Crippen LogP contribution >= 0.6 is 22.9 Å². The Labute approximate surface area is 268 Å². The summed E-state index contributed by atoms with van der Waals surface area (Å²) >= 11 is 7.73. The highest BCUT2D eigenvalue weighted by Gasteiger charge is 2.24. The number of nitrogens with one attached hydrogen (secondary N) is 1. The molecule has 0 saturated heterocycles. The number of benzene rings is 1. The number of hydrogen-bond donors (Lipinski definition) is 2. The first kappa shape index (κ1) is 30.7. The van der Waals surface area contributed by atoms with Crippen LogP contribution in [0.3, 0.4) is 0 Å². The normalized spacial score (nSPS) is 14.4. The van der Waals surface area contributed by atoms with E-state index in [1.54, 1.807) is 41.5 Å². The Hall–Kier alpha value is -4.32. The number of carboxylic acid groups (broad SMARTS) is 1. The molecule has 5 aromatic rings. The predicted molar refractivity (Wildman–Crippen MR) is 174 cm³/mol. The lowest BCUT2D eigenvalue weighted by atomic mass is 9.92. The molecular weight excluding hydrogens is 614 g/mol. The second-order valence-corrected chi connectivity index (χ2v) is 12.3. The van der Waals surface area contributed by atoms with Crippen molar-refractivity contribution in [1.29, 1.82) is 0 Å². The van der Waals surface area contributed by atoms with Crippen molar-refractivity contribution in [2.24, 2.45) is 0 Å². The molecule has 0 saturated carbocycles. The van der Waals surface area contributed by atoms with Gasteiger partial charge in [-0.2, -0.15) is 0 Å². The zero-order valence-electron chi connectivity index (χ0n) is 25.1. The van der Waals surface area contributed by atoms with Crippen molar-refractivity contribution < 1.29 is 19.4 Å². The van der Waals surface area contributed by atoms with Crippen molar-refractivity contribution in [3.63, 3.8) is 0 Å². The van der Waals surface area contributed by atoms with Gasteiger partial charge in [0.05, 0.1) is 35.1 Å². The number of halogens is 1. The van der Waals surface area contributed by atoms with E-state index in [0.29, 0.717) is 53.2 Å². The van der Waals surface area contributed by atoms with Crippen LogP contribution in [0, 0.1) is 13.8 Å². The quantitative estimate of drug-likeness (QED) is 0.199. The average Bonchev–Trinajstić information content (AvgIpc) is 3.46. The second-order valence-electron chi connectivity index (χ2n) is 11.0. The molecule has 1 aliphatic rings. The highest BCUT2D eigenvalue weighted by Crippen LogP contribution is 2.40. The number of ether oxygens (including phenoxy) is 2. The highest BCUT2D eigenvalue weighted by molar-refractivity contribution is 7.18. The van der Waals surface area contributed by atoms with Gasteiger partial charge in [-0.25, -0.2) is 14.8 Å². The van der Waals surface area contributed by atoms with Gasteiger partial charge in [0, 0.05) is 57.6 Å². The molecule has 0 spiro atoms. The lowest BCUT2D eigenvalue weighted by Crippen LogP contribution is -2.40. The maximum Gasteiger partial charge on any atom is 0.338 e. The van der Waals surface area contributed by atoms with Crippen LogP contribution in [0.25, 0.3) is 21.3 Å². The van der Waals surface area contributed by atoms with Crippen LogP contribution in [0.1, 0.15) is 45.1 Å². The van der Waals surface area contributed by atoms with E-state index in [4.69, 9.17) is 26.1 Å². The van der Waals surface area contributed by atoms with E-state index >= 15 is 0 Å². The fraction of sp³-hybridized carbons (Fsp3) is 0.303. The third-order valence-electron chi connectivity index (χ3n) is 8.01. The molecule has 10 nitrogen and oxygen atoms in total. The summed E-state index contributed by atoms with van der Waals surface area (Å²) in [6.07, 6.45) is 3.96. The van der Waals surface area contributed by atoms with Gasteiger partial charge < -0.3 is 19.9 Å². The Balaban J connectivity index is 1.20. The van der Waals surface area contributed by atoms with Gasteiger partial charge in [0.1, 0.15) is 18.2 Å². The minimum atomic E-state index is -1.02. The maximum absolute atomic E-state index is 13.7. The van der Waals surface area contributed by atoms with Gasteiger partial charge >= 0.3 is 5.97 Å². The fourth-order valence-electron chi connectivity index (χ4n) is 5.77. The van der Waals surface area contributed by atoms with Gasteiger partial charge in [0.25, 0.3) is 5.56 Å². The van der Waals surface area contributed by atoms with Crippen LogP contribution in [-0.4, -0.2) is 50.4 Å². The molecule has 1 aromatic carbocycles. The van der Waals surface area contributed by atoms with Gasteiger partial charge in [-0.05, 0) is 69.0 Å². The van der Waals surface area contributed by atoms with Crippen LogP contribution < -0.4 is 20.3 Å². The molecule has 0 aliphatic heterocycles. The van der Waals surface area contributed by atoms with E-state index in [1.807, 2.05) is 32.0 Å². The summed E-state index contributed by atoms with van der Waals surface area (Å²) in [5.41, 5.74) is 5.43. The number of carbonyl (C=O) groups is 1. The molecule has 6 rings (SSSR count). The standard InChI is InChI=1S/C33H32ClN5O5S/c1-18-12-24(31-30(37-18)26(17-45-31)33(41)42)23-14-21(34)4-7-28(23)44-11-10-39-19(2)38-27-6-5-22(15-25(27)32(39)40)36-16-20-8-9-35-29(13-20)43-3/h4,7-9,12-14,17,22,36H,5-6,10-11,15-16H2,1-3H3,(H,41,42). The summed E-state index contributed by atoms with van der Waals surface area (Å²) in [6.45, 7) is 4.86. The van der Waals surface area contributed by atoms with Crippen LogP contribution in [-0.2, 0) is 25.9 Å². The second kappa shape index (κ2) is 13.0. The van der Waals surface area contributed by atoms with Gasteiger partial charge in [0.15, 0.2) is 0 Å². The molecule has 1 unspecified atom stereocenters. The predicted octanol–water partition coefficient (Wildman–Crippen LogP) is 5.62. The number of carboxylic acids is 1. The van der Waals surface area contributed by atoms with Crippen molar-refractivity contribution in [3.05, 3.63) is 97.3 Å². The highest BCUT2D eigenvalue weighted by atomic mass is 35.5. The summed E-state index contributed by atoms with van der Waals surface area (Å²) in [5, 5.41) is 15.3. The number of nitrogens with zero attached hydrogens (tertiary/aromatic N) is 4. The molecule has 4 aromatic heterocycles. The smallest absolute Gasteiger partial charge is 0.338 e. The SMILES string of the molecule is COc1cc(CNC2CCc3nc(C)n(CCOc4ccc(Cl)cc4-c4cc(C)nc5c(C(=O)O)csc45)c(=O)c3C2)ccn1. The summed E-state index contributed by atoms with van der Waals surface area (Å²) in [7, 11) is 1.60. The topological polar surface area (TPSA) is 128 Å². The number of aryl methyl sites for hydroxylation is 3. The van der Waals surface area contributed by atoms with Crippen LogP contribution in [0.15, 0.2) is 52.8 Å². The van der Waals surface area contributed by atoms with Crippen LogP contribution in [0.2, 0.25) is 5.02 Å². The number of aromatic carboxylic acids is 1. The molecule has 0 radical (unpaired) electrons. The lowest BCUT2D eigenvalue weighted by Gasteiger charge is -2.26. The molecule has 12 heteroatoms. The molecule has 232 valence electrons. The molecule has 4 heterocycles. The third-order valence-corrected chi connectivity index (χ3v) is 9.25. The van der Waals surface area contributed by atoms with Crippen LogP contribution in [0.4, 0.5) is 0 Å². The molecule has 0 amide bonds. The zero-order chi connectivity index (χ0) is 31.7. The fourth-order valence-corrected chi connectivity index (χ4v) is 6.96. The maximum atomic E-state index is 13.7. The van der Waals surface area contributed by atoms with Gasteiger partial charge in [0.2, 0.25) is 5.88 Å². The molecule has 1 atom stereocenters. The van der Waals surface area contributed by atoms with Gasteiger partial charge in [-0.3, -0.25) is 14.3 Å². The Morgan fingerprint density at radius 1 is 1.18 bits per heavy atom. The number of hydrogen-bond acceptors (Lipinski definition) is 9. The number of pyridine rings is 2. The van der Waals surface area contributed by atoms with E-state index in [-0.39, 0.29) is 23.8 Å². The average molecular weight is 646 g/mol. The van der Waals surface area contributed by atoms with Crippen molar-refractivity contribution in [2.45, 2.75) is 52.2 Å². The molecular formula is C33H32ClN5O5S. The summed E-state index contributed by atoms with van der Waals surface area (Å²) in [5.74, 6) is 0.774. The number of rotatable bonds is 10. The first-order valence-corrected chi connectivity index (χ1v) is 15.8. The number of thiophene rings is 1. The Morgan fingerprint density at radius 3 is 2.82 bits per heavy atom. The third kappa shape index (κ3) is 6.42. The monoisotopic (exact) mass is 645 g/mol. The summed E-state index contributed by atoms with van der Waals surface area (Å²) in [6, 6.07) is 11.2. The molecule has 45 heavy (non-hydrogen) atoms. The van der Waals surface area contributed by atoms with Crippen molar-refractivity contribution in [3.8, 4) is 22.8 Å². The summed E-state index contributed by atoms with van der Waals surface area (Å²) in [4.78, 5) is 38.9. The molecule has 1 aliphatic carbocycles. The van der Waals surface area contributed by atoms with E-state index < -0.39 is 5.97 Å². The van der Waals surface area contributed by atoms with Crippen molar-refractivity contribution in [2.75, 3.05) is 13.7 Å². The Bertz CT molecular complexity index is 1970. The minimum absolute atomic E-state index is 0.0410. The van der Waals surface area contributed by atoms with E-state index in [2.05, 4.69) is 15.3 Å². The van der Waals surface area contributed by atoms with E-state index in [1.165, 1.54) is 11.3 Å².